The van der Waals surface area contributed by atoms with Crippen LogP contribution >= 0.6 is 0 Å². The van der Waals surface area contributed by atoms with Crippen LogP contribution in [0.4, 0.5) is 4.79 Å². The molecule has 0 radical (unpaired) electrons. The largest absolute Gasteiger partial charge is 0.459 e. The second-order valence-corrected chi connectivity index (χ2v) is 10.4. The van der Waals surface area contributed by atoms with Gasteiger partial charge < -0.3 is 14.6 Å². The Morgan fingerprint density at radius 2 is 1.34 bits per heavy atom. The smallest absolute Gasteiger partial charge is 0.410 e. The number of aliphatic hydroxyl groups is 1. The first-order chi connectivity index (χ1) is 18.6. The van der Waals surface area contributed by atoms with Gasteiger partial charge in [-0.3, -0.25) is 9.80 Å². The third-order valence-corrected chi connectivity index (χ3v) is 7.55. The summed E-state index contributed by atoms with van der Waals surface area (Å²) in [5.41, 5.74) is 2.05. The first-order valence-electron chi connectivity index (χ1n) is 13.1. The van der Waals surface area contributed by atoms with E-state index in [2.05, 4.69) is 17.0 Å². The molecule has 198 valence electrons. The number of nitrogens with zero attached hydrogens (tertiary/aromatic N) is 2. The Hall–Kier alpha value is -3.68. The van der Waals surface area contributed by atoms with Crippen molar-refractivity contribution >= 4 is 12.1 Å². The van der Waals surface area contributed by atoms with Crippen LogP contribution in [0.3, 0.4) is 0 Å². The van der Waals surface area contributed by atoms with Crippen LogP contribution < -0.4 is 0 Å². The van der Waals surface area contributed by atoms with Crippen molar-refractivity contribution in [1.29, 1.82) is 0 Å². The Morgan fingerprint density at radius 3 is 1.92 bits per heavy atom. The van der Waals surface area contributed by atoms with E-state index in [1.54, 1.807) is 0 Å². The lowest BCUT2D eigenvalue weighted by atomic mass is 9.67. The van der Waals surface area contributed by atoms with E-state index < -0.39 is 23.5 Å². The molecule has 5 rings (SSSR count). The van der Waals surface area contributed by atoms with E-state index in [1.165, 1.54) is 10.5 Å². The maximum Gasteiger partial charge on any atom is 0.410 e. The molecule has 3 aromatic rings. The van der Waals surface area contributed by atoms with Crippen LogP contribution in [-0.4, -0.2) is 59.3 Å². The first-order valence-corrected chi connectivity index (χ1v) is 13.1. The highest BCUT2D eigenvalue weighted by atomic mass is 16.6. The van der Waals surface area contributed by atoms with Gasteiger partial charge in [0.25, 0.3) is 0 Å². The molecule has 7 nitrogen and oxygen atoms in total. The minimum absolute atomic E-state index is 0.0990. The van der Waals surface area contributed by atoms with Gasteiger partial charge in [-0.2, -0.15) is 0 Å². The van der Waals surface area contributed by atoms with Crippen LogP contribution in [0, 0.1) is 11.3 Å². The van der Waals surface area contributed by atoms with Crippen LogP contribution in [0.1, 0.15) is 23.1 Å². The van der Waals surface area contributed by atoms with Crippen molar-refractivity contribution in [1.82, 2.24) is 9.80 Å². The highest BCUT2D eigenvalue weighted by molar-refractivity contribution is 5.83. The Bertz CT molecular complexity index is 1210. The summed E-state index contributed by atoms with van der Waals surface area (Å²) in [5.74, 6) is -0.415. The van der Waals surface area contributed by atoms with Crippen molar-refractivity contribution in [2.45, 2.75) is 32.2 Å². The maximum absolute atomic E-state index is 13.7. The van der Waals surface area contributed by atoms with Gasteiger partial charge in [-0.05, 0) is 29.0 Å². The summed E-state index contributed by atoms with van der Waals surface area (Å²) in [4.78, 5) is 30.9. The number of amides is 1. The molecule has 1 amide bonds. The average Bonchev–Trinajstić information content (AvgIpc) is 2.96. The summed E-state index contributed by atoms with van der Waals surface area (Å²) in [7, 11) is 0. The molecule has 7 heteroatoms. The van der Waals surface area contributed by atoms with Crippen molar-refractivity contribution in [2.24, 2.45) is 11.3 Å². The fourth-order valence-electron chi connectivity index (χ4n) is 5.94. The van der Waals surface area contributed by atoms with Gasteiger partial charge in [-0.25, -0.2) is 9.59 Å². The quantitative estimate of drug-likeness (QED) is 0.453. The summed E-state index contributed by atoms with van der Waals surface area (Å²) in [6.45, 7) is 2.30. The molecule has 2 fully saturated rings. The number of carbonyl (C=O) groups is 2. The van der Waals surface area contributed by atoms with Crippen LogP contribution in [0.25, 0.3) is 0 Å². The van der Waals surface area contributed by atoms with E-state index >= 15 is 0 Å². The van der Waals surface area contributed by atoms with Gasteiger partial charge in [0.2, 0.25) is 0 Å². The monoisotopic (exact) mass is 514 g/mol. The number of piperidine rings is 2. The normalized spacial score (nSPS) is 23.0. The summed E-state index contributed by atoms with van der Waals surface area (Å²) in [5, 5.41) is 10.8. The van der Waals surface area contributed by atoms with E-state index in [0.717, 1.165) is 17.7 Å². The predicted molar refractivity (Wildman–Crippen MR) is 143 cm³/mol. The summed E-state index contributed by atoms with van der Waals surface area (Å²) < 4.78 is 11.4. The zero-order valence-corrected chi connectivity index (χ0v) is 21.4. The molecule has 2 aliphatic heterocycles. The molecule has 3 atom stereocenters. The summed E-state index contributed by atoms with van der Waals surface area (Å²) in [6.07, 6.45) is 0.0806. The lowest BCUT2D eigenvalue weighted by molar-refractivity contribution is -0.170. The first kappa shape index (κ1) is 25.9. The van der Waals surface area contributed by atoms with Crippen molar-refractivity contribution in [3.63, 3.8) is 0 Å². The molecule has 2 bridgehead atoms. The Kier molecular flexibility index (Phi) is 8.05. The second-order valence-electron chi connectivity index (χ2n) is 10.4. The zero-order valence-electron chi connectivity index (χ0n) is 21.4. The van der Waals surface area contributed by atoms with Crippen LogP contribution in [0.15, 0.2) is 91.0 Å². The van der Waals surface area contributed by atoms with Gasteiger partial charge in [-0.15, -0.1) is 0 Å². The van der Waals surface area contributed by atoms with Crippen molar-refractivity contribution < 1.29 is 24.2 Å². The number of carbonyl (C=O) groups excluding carboxylic acids is 2. The van der Waals surface area contributed by atoms with Crippen molar-refractivity contribution in [3.8, 4) is 0 Å². The highest BCUT2D eigenvalue weighted by Gasteiger charge is 2.57. The van der Waals surface area contributed by atoms with Gasteiger partial charge in [0.15, 0.2) is 0 Å². The Balaban J connectivity index is 1.38. The van der Waals surface area contributed by atoms with Gasteiger partial charge in [0, 0.05) is 31.6 Å². The van der Waals surface area contributed by atoms with Crippen LogP contribution in [0.2, 0.25) is 0 Å². The maximum atomic E-state index is 13.7. The molecule has 1 N–H and O–H groups in total. The van der Waals surface area contributed by atoms with Gasteiger partial charge in [-0.1, -0.05) is 91.0 Å². The number of hydrogen-bond donors (Lipinski definition) is 1. The molecule has 2 saturated heterocycles. The van der Waals surface area contributed by atoms with Crippen LogP contribution in [0.5, 0.6) is 0 Å². The third-order valence-electron chi connectivity index (χ3n) is 7.55. The standard InChI is InChI=1S/C31H34N2O5/c34-23-31-16-27(18-32(22-31)17-24-10-4-1-5-11-24)19-33(30(36)38-21-26-14-8-3-9-15-26)28(31)29(35)37-20-25-12-6-2-7-13-25/h1-15,27-28,34H,16-23H2. The lowest BCUT2D eigenvalue weighted by Crippen LogP contribution is -2.68. The molecular weight excluding hydrogens is 480 g/mol. The lowest BCUT2D eigenvalue weighted by Gasteiger charge is -2.55. The number of benzene rings is 3. The number of aliphatic hydroxyl groups excluding tert-OH is 1. The minimum Gasteiger partial charge on any atom is -0.459 e. The second kappa shape index (κ2) is 11.8. The molecule has 38 heavy (non-hydrogen) atoms. The van der Waals surface area contributed by atoms with Crippen molar-refractivity contribution in [3.05, 3.63) is 108 Å². The molecule has 2 aliphatic rings. The molecule has 0 aliphatic carbocycles. The number of likely N-dealkylation sites (tertiary alicyclic amines) is 2. The summed E-state index contributed by atoms with van der Waals surface area (Å²) in [6, 6.07) is 28.1. The number of hydrogen-bond acceptors (Lipinski definition) is 6. The zero-order chi connectivity index (χ0) is 26.4. The topological polar surface area (TPSA) is 79.3 Å². The van der Waals surface area contributed by atoms with Crippen molar-refractivity contribution in [2.75, 3.05) is 26.2 Å². The minimum atomic E-state index is -0.950. The third kappa shape index (κ3) is 5.90. The fraction of sp³-hybridized carbons (Fsp3) is 0.355. The number of fused-ring (bicyclic) bond motifs is 2. The SMILES string of the molecule is O=C(OCc1ccccc1)C1N(C(=O)OCc2ccccc2)CC2CN(Cc3ccccc3)CC1(CO)C2. The Morgan fingerprint density at radius 1 is 0.789 bits per heavy atom. The number of rotatable bonds is 8. The van der Waals surface area contributed by atoms with E-state index in [0.29, 0.717) is 26.1 Å². The fourth-order valence-corrected chi connectivity index (χ4v) is 5.94. The van der Waals surface area contributed by atoms with Gasteiger partial charge in [0.05, 0.1) is 6.61 Å². The predicted octanol–water partition coefficient (Wildman–Crippen LogP) is 4.25. The molecule has 0 aromatic heterocycles. The summed E-state index contributed by atoms with van der Waals surface area (Å²) >= 11 is 0. The van der Waals surface area contributed by atoms with E-state index in [-0.39, 0.29) is 25.7 Å². The molecule has 0 saturated carbocycles. The Labute approximate surface area is 223 Å². The average molecular weight is 515 g/mol. The van der Waals surface area contributed by atoms with E-state index in [1.807, 2.05) is 78.9 Å². The van der Waals surface area contributed by atoms with Crippen LogP contribution in [-0.2, 0) is 34.0 Å². The van der Waals surface area contributed by atoms with Gasteiger partial charge >= 0.3 is 12.1 Å². The van der Waals surface area contributed by atoms with Gasteiger partial charge in [0.1, 0.15) is 19.3 Å². The number of esters is 1. The molecule has 2 heterocycles. The molecule has 0 spiro atoms. The molecular formula is C31H34N2O5. The molecule has 3 unspecified atom stereocenters. The number of ether oxygens (including phenoxy) is 2. The highest BCUT2D eigenvalue weighted by Crippen LogP contribution is 2.44. The van der Waals surface area contributed by atoms with E-state index in [4.69, 9.17) is 9.47 Å². The van der Waals surface area contributed by atoms with E-state index in [9.17, 15) is 14.7 Å². The molecule has 3 aromatic carbocycles.